The molecule has 2 aromatic rings. The number of unbranched alkanes of at least 4 members (excludes halogenated alkanes) is 2. The Kier molecular flexibility index (Phi) is 12.1. The lowest BCUT2D eigenvalue weighted by molar-refractivity contribution is -0.144. The molecule has 0 aromatic heterocycles. The number of alkyl carbamates (subject to hydrolysis) is 1. The topological polar surface area (TPSA) is 99.1 Å². The molecule has 0 spiro atoms. The number of amides is 2. The van der Waals surface area contributed by atoms with Crippen molar-refractivity contribution in [1.82, 2.24) is 10.2 Å². The molecule has 3 N–H and O–H groups in total. The minimum Gasteiger partial charge on any atom is -0.449 e. The Morgan fingerprint density at radius 2 is 1.73 bits per heavy atom. The fourth-order valence-electron chi connectivity index (χ4n) is 4.62. The molecule has 2 amide bonds. The summed E-state index contributed by atoms with van der Waals surface area (Å²) in [7, 11) is 2.54. The third kappa shape index (κ3) is 8.45. The van der Waals surface area contributed by atoms with Crippen molar-refractivity contribution < 1.29 is 27.3 Å². The first-order valence-corrected chi connectivity index (χ1v) is 11.7. The summed E-state index contributed by atoms with van der Waals surface area (Å²) in [5.41, 5.74) is 4.38. The Morgan fingerprint density at radius 3 is 2.27 bits per heavy atom. The van der Waals surface area contributed by atoms with Gasteiger partial charge in [0.05, 0.1) is 6.61 Å². The van der Waals surface area contributed by atoms with Crippen LogP contribution in [-0.2, 0) is 9.53 Å². The maximum atomic E-state index is 12.2. The molecule has 0 saturated carbocycles. The summed E-state index contributed by atoms with van der Waals surface area (Å²) in [6.45, 7) is 1.89. The summed E-state index contributed by atoms with van der Waals surface area (Å²) >= 11 is 3.89. The molecule has 2 aromatic carbocycles. The molecule has 0 bridgehead atoms. The largest absolute Gasteiger partial charge is 0.449 e. The quantitative estimate of drug-likeness (QED) is 0.377. The van der Waals surface area contributed by atoms with Crippen LogP contribution < -0.4 is 5.32 Å². The zero-order chi connectivity index (χ0) is 30.0. The number of hydrogen-bond acceptors (Lipinski definition) is 5. The van der Waals surface area contributed by atoms with Gasteiger partial charge in [0, 0.05) is 47.2 Å². The number of aliphatic hydroxyl groups is 2. The van der Waals surface area contributed by atoms with Crippen molar-refractivity contribution in [1.29, 1.82) is 2.60 Å². The number of halogens is 1. The van der Waals surface area contributed by atoms with E-state index in [-0.39, 0.29) is 32.8 Å². The molecule has 0 unspecified atom stereocenters. The van der Waals surface area contributed by atoms with Gasteiger partial charge in [-0.05, 0) is 35.1 Å². The van der Waals surface area contributed by atoms with Gasteiger partial charge in [-0.3, -0.25) is 4.79 Å². The number of likely N-dealkylation sites (tertiary alicyclic amines) is 1. The molecule has 4 rings (SSSR count). The van der Waals surface area contributed by atoms with Crippen molar-refractivity contribution in [3.05, 3.63) is 59.7 Å². The summed E-state index contributed by atoms with van der Waals surface area (Å²) in [5.74, 6) is 0.132. The third-order valence-corrected chi connectivity index (χ3v) is 6.42. The second-order valence-corrected chi connectivity index (χ2v) is 8.97. The van der Waals surface area contributed by atoms with Crippen LogP contribution in [0.3, 0.4) is 0 Å². The number of rotatable bonds is 9. The van der Waals surface area contributed by atoms with Crippen molar-refractivity contribution in [2.45, 2.75) is 53.3 Å². The normalized spacial score (nSPS) is 15.2. The van der Waals surface area contributed by atoms with E-state index < -0.39 is 11.5 Å². The van der Waals surface area contributed by atoms with E-state index >= 15 is 0 Å². The van der Waals surface area contributed by atoms with Gasteiger partial charge in [-0.2, -0.15) is 0 Å². The highest BCUT2D eigenvalue weighted by molar-refractivity contribution is 5.85. The first-order chi connectivity index (χ1) is 19.5. The van der Waals surface area contributed by atoms with Crippen LogP contribution in [0.1, 0.15) is 67.2 Å². The Labute approximate surface area is 234 Å². The molecule has 1 heterocycles. The minimum absolute atomic E-state index is 0. The Hall–Kier alpha value is -2.61. The van der Waals surface area contributed by atoms with Gasteiger partial charge < -0.3 is 25.2 Å². The van der Waals surface area contributed by atoms with Crippen molar-refractivity contribution >= 4 is 24.3 Å². The molecule has 1 fully saturated rings. The van der Waals surface area contributed by atoms with Gasteiger partial charge in [0.1, 0.15) is 7.78 Å². The van der Waals surface area contributed by atoms with Crippen LogP contribution in [0.25, 0.3) is 11.1 Å². The fourth-order valence-corrected chi connectivity index (χ4v) is 4.62. The minimum atomic E-state index is -0.414. The number of benzene rings is 2. The van der Waals surface area contributed by atoms with Gasteiger partial charge >= 0.3 is 6.09 Å². The maximum absolute atomic E-state index is 12.2. The Balaban J connectivity index is 0.00000184. The summed E-state index contributed by atoms with van der Waals surface area (Å²) in [5, 5.41) is 15.6. The molecule has 1 aliphatic heterocycles. The highest BCUT2D eigenvalue weighted by Gasteiger charge is 2.40. The van der Waals surface area contributed by atoms with Crippen LogP contribution in [0.2, 0.25) is 0 Å². The van der Waals surface area contributed by atoms with Crippen LogP contribution in [0.4, 0.5) is 4.79 Å². The maximum Gasteiger partial charge on any atom is 0.407 e. The van der Waals surface area contributed by atoms with E-state index in [1.165, 1.54) is 36.8 Å². The zero-order valence-corrected chi connectivity index (χ0v) is 21.9. The van der Waals surface area contributed by atoms with E-state index in [9.17, 15) is 14.7 Å². The Morgan fingerprint density at radius 1 is 1.16 bits per heavy atom. The first kappa shape index (κ1) is 27.4. The van der Waals surface area contributed by atoms with Crippen molar-refractivity contribution in [3.8, 4) is 11.1 Å². The van der Waals surface area contributed by atoms with E-state index in [1.807, 2.05) is 24.3 Å². The average Bonchev–Trinajstić information content (AvgIpc) is 3.30. The third-order valence-electron chi connectivity index (χ3n) is 6.42. The summed E-state index contributed by atoms with van der Waals surface area (Å²) < 4.78 is 29.7. The number of aliphatic hydroxyl groups excluding tert-OH is 2. The highest BCUT2D eigenvalue weighted by Crippen LogP contribution is 2.44. The molecule has 7 nitrogen and oxygen atoms in total. The van der Waals surface area contributed by atoms with Crippen LogP contribution in [0.15, 0.2) is 48.5 Å². The first-order valence-electron chi connectivity index (χ1n) is 14.2. The Bertz CT molecular complexity index is 977. The molecule has 0 radical (unpaired) electrons. The fraction of sp³-hybridized carbons (Fsp3) is 0.517. The average molecular weight is 543 g/mol. The van der Waals surface area contributed by atoms with Gasteiger partial charge in [-0.15, -0.1) is 12.3 Å². The lowest BCUT2D eigenvalue weighted by Crippen LogP contribution is -2.58. The number of hydrogen-bond donors (Lipinski definition) is 3. The monoisotopic (exact) mass is 542 g/mol. The van der Waals surface area contributed by atoms with Gasteiger partial charge in [-0.1, -0.05) is 76.7 Å². The SMILES string of the molecule is C.[2H]CC1(CO)CN(C(=O)CCCCCNC(=O)OCC2c3ccccc3-c3ccccc32)C1.[2H]Cl.[3H]C.[3H]OC. The number of carbonyl (C=O) groups excluding carboxylic acids is 2. The summed E-state index contributed by atoms with van der Waals surface area (Å²) in [6, 6.07) is 16.5. The number of nitrogens with zero attached hydrogens (tertiary/aromatic N) is 1. The predicted molar refractivity (Wildman–Crippen MR) is 152 cm³/mol. The van der Waals surface area contributed by atoms with Gasteiger partial charge in [-0.25, -0.2) is 4.79 Å². The van der Waals surface area contributed by atoms with Gasteiger partial charge in [0.15, 0.2) is 0 Å². The van der Waals surface area contributed by atoms with Crippen LogP contribution in [0.5, 0.6) is 0 Å². The smallest absolute Gasteiger partial charge is 0.407 e. The molecule has 208 valence electrons. The predicted octanol–water partition coefficient (Wildman–Crippen LogP) is 5.23. The van der Waals surface area contributed by atoms with E-state index in [0.717, 1.165) is 19.3 Å². The molecule has 0 atom stereocenters. The number of nitrogens with one attached hydrogen (secondary N) is 1. The molecule has 8 heteroatoms. The van der Waals surface area contributed by atoms with Crippen molar-refractivity contribution in [3.63, 3.8) is 0 Å². The van der Waals surface area contributed by atoms with E-state index in [4.69, 9.17) is 10.1 Å². The van der Waals surface area contributed by atoms with E-state index in [1.54, 1.807) is 4.90 Å². The van der Waals surface area contributed by atoms with E-state index in [0.29, 0.717) is 32.7 Å². The van der Waals surface area contributed by atoms with Gasteiger partial charge in [0.25, 0.3) is 0 Å². The number of carbonyl (C=O) groups is 2. The van der Waals surface area contributed by atoms with Crippen molar-refractivity contribution in [2.24, 2.45) is 5.41 Å². The molecule has 1 aliphatic carbocycles. The lowest BCUT2D eigenvalue weighted by atomic mass is 9.82. The van der Waals surface area contributed by atoms with Crippen LogP contribution in [0, 0.1) is 5.41 Å². The molecular weight excluding hydrogens is 492 g/mol. The second kappa shape index (κ2) is 16.3. The van der Waals surface area contributed by atoms with E-state index in [2.05, 4.69) is 47.0 Å². The van der Waals surface area contributed by atoms with Crippen LogP contribution >= 0.6 is 12.3 Å². The lowest BCUT2D eigenvalue weighted by Gasteiger charge is -2.47. The van der Waals surface area contributed by atoms with Gasteiger partial charge in [0.2, 0.25) is 7.34 Å². The number of ether oxygens (including phenoxy) is 1. The zero-order valence-electron chi connectivity index (χ0n) is 25.2. The summed E-state index contributed by atoms with van der Waals surface area (Å²) in [4.78, 5) is 26.1. The highest BCUT2D eigenvalue weighted by atomic mass is 35.5. The summed E-state index contributed by atoms with van der Waals surface area (Å²) in [6.07, 6.45) is 2.43. The molecule has 37 heavy (non-hydrogen) atoms. The molecular formula is C29H45ClN2O5. The molecule has 1 saturated heterocycles. The molecule has 2 aliphatic rings. The van der Waals surface area contributed by atoms with Crippen LogP contribution in [-0.4, -0.2) is 69.7 Å². The number of fused-ring (bicyclic) bond motifs is 3. The van der Waals surface area contributed by atoms with Crippen molar-refractivity contribution in [2.75, 3.05) is 40.0 Å². The standard InChI is InChI=1S/C26H32N2O4.CH4O.2CH4.ClH/c1-26(18-29)16-28(17-26)24(30)13-3-2-8-14-27-25(31)32-15-23-21-11-6-4-9-19(21)20-10-5-7-12-22(20)23;1-2;;;/h4-7,9-12,23,29H,2-3,8,13-18H2,1H3,(H,27,31);2H,1H3;2*1H4;1H/i1D;2T;1T;;/hD. The second-order valence-electron chi connectivity index (χ2n) is 8.97.